The zero-order valence-electron chi connectivity index (χ0n) is 17.4. The predicted octanol–water partition coefficient (Wildman–Crippen LogP) is 5.76. The van der Waals surface area contributed by atoms with Crippen molar-refractivity contribution in [1.29, 1.82) is 0 Å². The SMILES string of the molecule is CCOCc1cc(-c2ccc(C3CNC(=O)N3c3ccc4c(c3)N=CC4)c(F)c2F)cs1. The van der Waals surface area contributed by atoms with Gasteiger partial charge in [-0.15, -0.1) is 11.3 Å². The smallest absolute Gasteiger partial charge is 0.322 e. The summed E-state index contributed by atoms with van der Waals surface area (Å²) in [5, 5.41) is 4.54. The molecule has 0 saturated carbocycles. The first-order valence-electron chi connectivity index (χ1n) is 10.4. The van der Waals surface area contributed by atoms with Gasteiger partial charge >= 0.3 is 6.03 Å². The molecule has 2 aliphatic heterocycles. The molecule has 2 aromatic carbocycles. The number of amides is 2. The minimum absolute atomic E-state index is 0.137. The van der Waals surface area contributed by atoms with Gasteiger partial charge in [-0.1, -0.05) is 18.2 Å². The van der Waals surface area contributed by atoms with E-state index >= 15 is 8.78 Å². The number of hydrogen-bond acceptors (Lipinski definition) is 4. The average Bonchev–Trinajstić information content (AvgIpc) is 3.53. The summed E-state index contributed by atoms with van der Waals surface area (Å²) >= 11 is 1.45. The van der Waals surface area contributed by atoms with E-state index in [1.165, 1.54) is 16.2 Å². The molecule has 1 saturated heterocycles. The number of carbonyl (C=O) groups is 1. The molecule has 0 aliphatic carbocycles. The average molecular weight is 454 g/mol. The van der Waals surface area contributed by atoms with Crippen LogP contribution in [-0.2, 0) is 17.8 Å². The molecule has 1 fully saturated rings. The maximum absolute atomic E-state index is 15.3. The molecule has 1 aromatic heterocycles. The Morgan fingerprint density at radius 3 is 2.94 bits per heavy atom. The van der Waals surface area contributed by atoms with E-state index in [-0.39, 0.29) is 23.7 Å². The van der Waals surface area contributed by atoms with Crippen molar-refractivity contribution in [2.45, 2.75) is 26.0 Å². The van der Waals surface area contributed by atoms with E-state index in [0.29, 0.717) is 24.5 Å². The molecular weight excluding hydrogens is 432 g/mol. The number of thiophene rings is 1. The molecule has 8 heteroatoms. The van der Waals surface area contributed by atoms with E-state index in [9.17, 15) is 4.79 Å². The molecule has 1 N–H and O–H groups in total. The Balaban J connectivity index is 1.47. The van der Waals surface area contributed by atoms with Crippen LogP contribution >= 0.6 is 11.3 Å². The lowest BCUT2D eigenvalue weighted by Gasteiger charge is -2.24. The summed E-state index contributed by atoms with van der Waals surface area (Å²) in [6.45, 7) is 3.13. The maximum Gasteiger partial charge on any atom is 0.322 e. The van der Waals surface area contributed by atoms with Crippen LogP contribution in [-0.4, -0.2) is 25.4 Å². The topological polar surface area (TPSA) is 53.9 Å². The van der Waals surface area contributed by atoms with Gasteiger partial charge in [0.25, 0.3) is 0 Å². The quantitative estimate of drug-likeness (QED) is 0.516. The van der Waals surface area contributed by atoms with Crippen molar-refractivity contribution in [3.05, 3.63) is 69.4 Å². The third kappa shape index (κ3) is 3.59. The second-order valence-electron chi connectivity index (χ2n) is 7.67. The van der Waals surface area contributed by atoms with Crippen LogP contribution in [0.4, 0.5) is 25.0 Å². The van der Waals surface area contributed by atoms with Crippen molar-refractivity contribution in [2.75, 3.05) is 18.1 Å². The minimum Gasteiger partial charge on any atom is -0.376 e. The first kappa shape index (κ1) is 20.8. The van der Waals surface area contributed by atoms with Gasteiger partial charge in [0.15, 0.2) is 11.6 Å². The Morgan fingerprint density at radius 2 is 2.09 bits per heavy atom. The highest BCUT2D eigenvalue weighted by Crippen LogP contribution is 2.38. The van der Waals surface area contributed by atoms with Gasteiger partial charge in [0.1, 0.15) is 0 Å². The number of rotatable bonds is 6. The molecule has 3 aromatic rings. The van der Waals surface area contributed by atoms with Crippen LogP contribution in [0.2, 0.25) is 0 Å². The summed E-state index contributed by atoms with van der Waals surface area (Å²) < 4.78 is 35.8. The first-order valence-corrected chi connectivity index (χ1v) is 11.3. The number of nitrogens with one attached hydrogen (secondary N) is 1. The van der Waals surface area contributed by atoms with E-state index in [4.69, 9.17) is 4.74 Å². The van der Waals surface area contributed by atoms with Crippen LogP contribution in [0.5, 0.6) is 0 Å². The Kier molecular flexibility index (Phi) is 5.48. The standard InChI is InChI=1S/C24H21F2N3O2S/c1-2-31-12-17-9-15(13-32-17)18-5-6-19(23(26)22(18)25)21-11-28-24(30)29(21)16-4-3-14-7-8-27-20(14)10-16/h3-6,8-10,13,21H,2,7,11-12H2,1H3,(H,28,30). The third-order valence-corrected chi connectivity index (χ3v) is 6.66. The van der Waals surface area contributed by atoms with Crippen molar-refractivity contribution in [3.63, 3.8) is 0 Å². The van der Waals surface area contributed by atoms with Crippen LogP contribution in [0.15, 0.2) is 46.8 Å². The third-order valence-electron chi connectivity index (χ3n) is 5.75. The number of ether oxygens (including phenoxy) is 1. The molecule has 32 heavy (non-hydrogen) atoms. The summed E-state index contributed by atoms with van der Waals surface area (Å²) in [6.07, 6.45) is 2.56. The van der Waals surface area contributed by atoms with Crippen molar-refractivity contribution in [3.8, 4) is 11.1 Å². The van der Waals surface area contributed by atoms with Crippen LogP contribution in [0.3, 0.4) is 0 Å². The largest absolute Gasteiger partial charge is 0.376 e. The Hall–Kier alpha value is -3.10. The van der Waals surface area contributed by atoms with Gasteiger partial charge in [-0.3, -0.25) is 9.89 Å². The fourth-order valence-corrected chi connectivity index (χ4v) is 4.95. The summed E-state index contributed by atoms with van der Waals surface area (Å²) in [6, 6.07) is 9.49. The van der Waals surface area contributed by atoms with Crippen LogP contribution in [0.25, 0.3) is 11.1 Å². The van der Waals surface area contributed by atoms with Gasteiger partial charge in [-0.25, -0.2) is 13.6 Å². The van der Waals surface area contributed by atoms with Gasteiger partial charge in [0.05, 0.1) is 18.3 Å². The van der Waals surface area contributed by atoms with Crippen LogP contribution in [0, 0.1) is 11.6 Å². The molecule has 164 valence electrons. The molecule has 2 aliphatic rings. The monoisotopic (exact) mass is 453 g/mol. The summed E-state index contributed by atoms with van der Waals surface area (Å²) in [4.78, 5) is 19.3. The molecule has 1 unspecified atom stereocenters. The van der Waals surface area contributed by atoms with Gasteiger partial charge in [0.2, 0.25) is 0 Å². The summed E-state index contributed by atoms with van der Waals surface area (Å²) in [5.41, 5.74) is 3.42. The fraction of sp³-hybridized carbons (Fsp3) is 0.250. The number of halogens is 2. The summed E-state index contributed by atoms with van der Waals surface area (Å²) in [7, 11) is 0. The number of hydrogen-bond donors (Lipinski definition) is 1. The van der Waals surface area contributed by atoms with Gasteiger partial charge in [-0.05, 0) is 41.6 Å². The molecular formula is C24H21F2N3O2S. The molecule has 5 nitrogen and oxygen atoms in total. The van der Waals surface area contributed by atoms with E-state index in [1.807, 2.05) is 37.4 Å². The van der Waals surface area contributed by atoms with E-state index in [0.717, 1.165) is 22.5 Å². The highest BCUT2D eigenvalue weighted by molar-refractivity contribution is 7.10. The van der Waals surface area contributed by atoms with E-state index < -0.39 is 17.7 Å². The lowest BCUT2D eigenvalue weighted by Crippen LogP contribution is -2.30. The zero-order valence-corrected chi connectivity index (χ0v) is 18.2. The highest BCUT2D eigenvalue weighted by atomic mass is 32.1. The van der Waals surface area contributed by atoms with Gasteiger partial charge in [-0.2, -0.15) is 0 Å². The predicted molar refractivity (Wildman–Crippen MR) is 122 cm³/mol. The second-order valence-corrected chi connectivity index (χ2v) is 8.67. The number of urea groups is 1. The number of carbonyl (C=O) groups excluding carboxylic acids is 1. The van der Waals surface area contributed by atoms with Crippen molar-refractivity contribution >= 4 is 35.0 Å². The highest BCUT2D eigenvalue weighted by Gasteiger charge is 2.36. The van der Waals surface area contributed by atoms with Crippen molar-refractivity contribution < 1.29 is 18.3 Å². The number of fused-ring (bicyclic) bond motifs is 1. The van der Waals surface area contributed by atoms with E-state index in [2.05, 4.69) is 10.3 Å². The molecule has 0 spiro atoms. The second kappa shape index (κ2) is 8.44. The Bertz CT molecular complexity index is 1220. The van der Waals surface area contributed by atoms with Crippen LogP contribution < -0.4 is 10.2 Å². The lowest BCUT2D eigenvalue weighted by atomic mass is 9.99. The Labute approximate surface area is 188 Å². The van der Waals surface area contributed by atoms with Crippen molar-refractivity contribution in [2.24, 2.45) is 4.99 Å². The minimum atomic E-state index is -0.939. The maximum atomic E-state index is 15.3. The number of nitrogens with zero attached hydrogens (tertiary/aromatic N) is 2. The lowest BCUT2D eigenvalue weighted by molar-refractivity contribution is 0.136. The van der Waals surface area contributed by atoms with Gasteiger partial charge < -0.3 is 10.1 Å². The number of benzene rings is 2. The van der Waals surface area contributed by atoms with Crippen molar-refractivity contribution in [1.82, 2.24) is 5.32 Å². The molecule has 0 radical (unpaired) electrons. The number of aliphatic imine (C=N–C) groups is 1. The zero-order chi connectivity index (χ0) is 22.2. The Morgan fingerprint density at radius 1 is 1.22 bits per heavy atom. The molecule has 1 atom stereocenters. The van der Waals surface area contributed by atoms with E-state index in [1.54, 1.807) is 17.5 Å². The molecule has 0 bridgehead atoms. The first-order chi connectivity index (χ1) is 15.6. The molecule has 5 rings (SSSR count). The normalized spacial score (nSPS) is 17.2. The number of anilines is 1. The van der Waals surface area contributed by atoms with Crippen LogP contribution in [0.1, 0.15) is 29.0 Å². The summed E-state index contributed by atoms with van der Waals surface area (Å²) in [5.74, 6) is -1.85. The fourth-order valence-electron chi connectivity index (χ4n) is 4.13. The van der Waals surface area contributed by atoms with Gasteiger partial charge in [0, 0.05) is 47.5 Å². The molecule has 2 amide bonds. The molecule has 3 heterocycles.